The fourth-order valence-electron chi connectivity index (χ4n) is 4.41. The molecule has 1 aromatic rings. The molecule has 3 unspecified atom stereocenters. The molecule has 2 fully saturated rings. The molecule has 4 heteroatoms. The van der Waals surface area contributed by atoms with E-state index >= 15 is 0 Å². The van der Waals surface area contributed by atoms with Gasteiger partial charge in [0.1, 0.15) is 5.92 Å². The van der Waals surface area contributed by atoms with Crippen LogP contribution < -0.4 is 0 Å². The zero-order valence-electron chi connectivity index (χ0n) is 13.7. The van der Waals surface area contributed by atoms with Crippen LogP contribution in [0.5, 0.6) is 0 Å². The SMILES string of the molecule is CC1(N2CCC(C(=O)O)C2=O)CCCC(Cc2ccccc2)C1. The van der Waals surface area contributed by atoms with Crippen LogP contribution in [0.2, 0.25) is 0 Å². The number of carboxylic acid groups (broad SMARTS) is 1. The number of benzene rings is 1. The number of carbonyl (C=O) groups excluding carboxylic acids is 1. The largest absolute Gasteiger partial charge is 0.481 e. The lowest BCUT2D eigenvalue weighted by Gasteiger charge is -2.45. The quantitative estimate of drug-likeness (QED) is 0.869. The van der Waals surface area contributed by atoms with Gasteiger partial charge in [0.05, 0.1) is 0 Å². The Bertz CT molecular complexity index is 586. The van der Waals surface area contributed by atoms with Gasteiger partial charge in [0.25, 0.3) is 0 Å². The first kappa shape index (κ1) is 16.0. The second-order valence-corrected chi connectivity index (χ2v) is 7.32. The molecule has 23 heavy (non-hydrogen) atoms. The normalized spacial score (nSPS) is 31.3. The third kappa shape index (κ3) is 3.26. The van der Waals surface area contributed by atoms with Crippen LogP contribution in [0.3, 0.4) is 0 Å². The summed E-state index contributed by atoms with van der Waals surface area (Å²) in [6, 6.07) is 10.5. The van der Waals surface area contributed by atoms with Crippen molar-refractivity contribution in [2.24, 2.45) is 11.8 Å². The number of aliphatic carboxylic acids is 1. The zero-order chi connectivity index (χ0) is 16.4. The molecule has 0 bridgehead atoms. The first-order chi connectivity index (χ1) is 11.0. The van der Waals surface area contributed by atoms with Crippen molar-refractivity contribution in [3.63, 3.8) is 0 Å². The molecule has 1 saturated heterocycles. The standard InChI is InChI=1S/C19H25NO3/c1-19(20-11-9-16(17(20)21)18(22)23)10-5-8-15(13-19)12-14-6-3-2-4-7-14/h2-4,6-7,15-16H,5,8-13H2,1H3,(H,22,23). The molecule has 1 aromatic carbocycles. The minimum Gasteiger partial charge on any atom is -0.481 e. The highest BCUT2D eigenvalue weighted by molar-refractivity contribution is 5.98. The van der Waals surface area contributed by atoms with E-state index in [4.69, 9.17) is 0 Å². The summed E-state index contributed by atoms with van der Waals surface area (Å²) in [5, 5.41) is 9.18. The van der Waals surface area contributed by atoms with Gasteiger partial charge in [-0.05, 0) is 50.5 Å². The maximum Gasteiger partial charge on any atom is 0.316 e. The fraction of sp³-hybridized carbons (Fsp3) is 0.579. The van der Waals surface area contributed by atoms with Crippen LogP contribution in [0.4, 0.5) is 0 Å². The van der Waals surface area contributed by atoms with Gasteiger partial charge in [-0.25, -0.2) is 0 Å². The van der Waals surface area contributed by atoms with E-state index in [9.17, 15) is 14.7 Å². The fourth-order valence-corrected chi connectivity index (χ4v) is 4.41. The lowest BCUT2D eigenvalue weighted by molar-refractivity contribution is -0.149. The molecular formula is C19H25NO3. The van der Waals surface area contributed by atoms with Gasteiger partial charge >= 0.3 is 5.97 Å². The zero-order valence-corrected chi connectivity index (χ0v) is 13.7. The van der Waals surface area contributed by atoms with Gasteiger partial charge in [-0.2, -0.15) is 0 Å². The third-order valence-corrected chi connectivity index (χ3v) is 5.58. The van der Waals surface area contributed by atoms with Crippen molar-refractivity contribution in [1.29, 1.82) is 0 Å². The van der Waals surface area contributed by atoms with E-state index in [1.165, 1.54) is 12.0 Å². The van der Waals surface area contributed by atoms with Crippen molar-refractivity contribution in [2.45, 2.75) is 51.0 Å². The van der Waals surface area contributed by atoms with Crippen molar-refractivity contribution in [3.05, 3.63) is 35.9 Å². The highest BCUT2D eigenvalue weighted by atomic mass is 16.4. The lowest BCUT2D eigenvalue weighted by atomic mass is 9.74. The van der Waals surface area contributed by atoms with Gasteiger partial charge in [0.15, 0.2) is 0 Å². The second-order valence-electron chi connectivity index (χ2n) is 7.32. The van der Waals surface area contributed by atoms with Crippen LogP contribution in [-0.2, 0) is 16.0 Å². The topological polar surface area (TPSA) is 57.6 Å². The highest BCUT2D eigenvalue weighted by Crippen LogP contribution is 2.41. The number of likely N-dealkylation sites (tertiary alicyclic amines) is 1. The second kappa shape index (κ2) is 6.34. The number of hydrogen-bond acceptors (Lipinski definition) is 2. The molecule has 1 saturated carbocycles. The molecular weight excluding hydrogens is 290 g/mol. The van der Waals surface area contributed by atoms with Gasteiger partial charge in [0.2, 0.25) is 5.91 Å². The number of amides is 1. The molecule has 2 aliphatic rings. The Labute approximate surface area is 137 Å². The Kier molecular flexibility index (Phi) is 4.42. The minimum atomic E-state index is -0.974. The smallest absolute Gasteiger partial charge is 0.316 e. The van der Waals surface area contributed by atoms with Gasteiger partial charge in [0, 0.05) is 12.1 Å². The van der Waals surface area contributed by atoms with Crippen LogP contribution in [0.15, 0.2) is 30.3 Å². The number of nitrogens with zero attached hydrogens (tertiary/aromatic N) is 1. The Morgan fingerprint density at radius 2 is 2.04 bits per heavy atom. The Balaban J connectivity index is 1.69. The Hall–Kier alpha value is -1.84. The van der Waals surface area contributed by atoms with Crippen LogP contribution in [0.25, 0.3) is 0 Å². The number of rotatable bonds is 4. The Morgan fingerprint density at radius 3 is 2.70 bits per heavy atom. The lowest BCUT2D eigenvalue weighted by Crippen LogP contribution is -2.51. The molecule has 124 valence electrons. The van der Waals surface area contributed by atoms with E-state index in [1.807, 2.05) is 11.0 Å². The molecule has 0 spiro atoms. The molecule has 0 radical (unpaired) electrons. The molecule has 1 heterocycles. The van der Waals surface area contributed by atoms with Gasteiger partial charge in [-0.15, -0.1) is 0 Å². The van der Waals surface area contributed by atoms with E-state index in [0.717, 1.165) is 25.7 Å². The molecule has 1 aliphatic heterocycles. The predicted molar refractivity (Wildman–Crippen MR) is 88.0 cm³/mol. The molecule has 3 rings (SSSR count). The van der Waals surface area contributed by atoms with Crippen LogP contribution in [-0.4, -0.2) is 34.0 Å². The van der Waals surface area contributed by atoms with E-state index < -0.39 is 11.9 Å². The Morgan fingerprint density at radius 1 is 1.30 bits per heavy atom. The van der Waals surface area contributed by atoms with Crippen molar-refractivity contribution in [1.82, 2.24) is 4.90 Å². The molecule has 1 N–H and O–H groups in total. The van der Waals surface area contributed by atoms with E-state index in [2.05, 4.69) is 31.2 Å². The summed E-state index contributed by atoms with van der Waals surface area (Å²) in [6.07, 6.45) is 5.74. The summed E-state index contributed by atoms with van der Waals surface area (Å²) in [5.74, 6) is -1.42. The van der Waals surface area contributed by atoms with Gasteiger partial charge < -0.3 is 10.0 Å². The summed E-state index contributed by atoms with van der Waals surface area (Å²) in [7, 11) is 0. The maximum absolute atomic E-state index is 12.5. The summed E-state index contributed by atoms with van der Waals surface area (Å²) < 4.78 is 0. The minimum absolute atomic E-state index is 0.180. The van der Waals surface area contributed by atoms with Crippen molar-refractivity contribution >= 4 is 11.9 Å². The van der Waals surface area contributed by atoms with Crippen LogP contribution in [0, 0.1) is 11.8 Å². The van der Waals surface area contributed by atoms with Crippen LogP contribution in [0.1, 0.15) is 44.6 Å². The van der Waals surface area contributed by atoms with Crippen LogP contribution >= 0.6 is 0 Å². The first-order valence-corrected chi connectivity index (χ1v) is 8.58. The average molecular weight is 315 g/mol. The number of carboxylic acids is 1. The highest BCUT2D eigenvalue weighted by Gasteiger charge is 2.46. The van der Waals surface area contributed by atoms with Gasteiger partial charge in [-0.3, -0.25) is 9.59 Å². The van der Waals surface area contributed by atoms with E-state index in [0.29, 0.717) is 18.9 Å². The maximum atomic E-state index is 12.5. The molecule has 1 aliphatic carbocycles. The molecule has 4 nitrogen and oxygen atoms in total. The number of hydrogen-bond donors (Lipinski definition) is 1. The monoisotopic (exact) mass is 315 g/mol. The van der Waals surface area contributed by atoms with Gasteiger partial charge in [-0.1, -0.05) is 36.8 Å². The van der Waals surface area contributed by atoms with Crippen molar-refractivity contribution < 1.29 is 14.7 Å². The van der Waals surface area contributed by atoms with E-state index in [1.54, 1.807) is 0 Å². The van der Waals surface area contributed by atoms with Crippen molar-refractivity contribution in [3.8, 4) is 0 Å². The van der Waals surface area contributed by atoms with Crippen molar-refractivity contribution in [2.75, 3.05) is 6.54 Å². The molecule has 0 aromatic heterocycles. The first-order valence-electron chi connectivity index (χ1n) is 8.58. The molecule has 1 amide bonds. The van der Waals surface area contributed by atoms with E-state index in [-0.39, 0.29) is 11.4 Å². The predicted octanol–water partition coefficient (Wildman–Crippen LogP) is 3.11. The summed E-state index contributed by atoms with van der Waals surface area (Å²) in [5.41, 5.74) is 1.16. The average Bonchev–Trinajstić information content (AvgIpc) is 2.91. The summed E-state index contributed by atoms with van der Waals surface area (Å²) in [6.45, 7) is 2.73. The summed E-state index contributed by atoms with van der Waals surface area (Å²) >= 11 is 0. The third-order valence-electron chi connectivity index (χ3n) is 5.58. The number of carbonyl (C=O) groups is 2. The molecule has 3 atom stereocenters. The summed E-state index contributed by atoms with van der Waals surface area (Å²) in [4.78, 5) is 25.5.